The number of nitrogens with zero attached hydrogens (tertiary/aromatic N) is 2. The summed E-state index contributed by atoms with van der Waals surface area (Å²) in [5, 5.41) is 19.8. The minimum atomic E-state index is -1.02. The molecule has 112 valence electrons. The van der Waals surface area contributed by atoms with Gasteiger partial charge >= 0.3 is 5.97 Å². The molecule has 22 heavy (non-hydrogen) atoms. The molecule has 7 nitrogen and oxygen atoms in total. The molecule has 1 unspecified atom stereocenters. The van der Waals surface area contributed by atoms with Crippen LogP contribution in [0.25, 0.3) is 10.9 Å². The molecule has 1 aliphatic rings. The predicted molar refractivity (Wildman–Crippen MR) is 85.1 cm³/mol. The number of hydrogen-bond acceptors (Lipinski definition) is 5. The summed E-state index contributed by atoms with van der Waals surface area (Å²) in [7, 11) is 0. The fourth-order valence-corrected chi connectivity index (χ4v) is 2.95. The summed E-state index contributed by atoms with van der Waals surface area (Å²) in [6.45, 7) is 0. The Morgan fingerprint density at radius 2 is 2.27 bits per heavy atom. The van der Waals surface area contributed by atoms with E-state index in [4.69, 9.17) is 5.11 Å². The highest BCUT2D eigenvalue weighted by molar-refractivity contribution is 8.15. The van der Waals surface area contributed by atoms with Crippen molar-refractivity contribution in [2.24, 2.45) is 10.2 Å². The Bertz CT molecular complexity index is 796. The number of aromatic nitrogens is 1. The van der Waals surface area contributed by atoms with Crippen LogP contribution in [0.1, 0.15) is 12.0 Å². The molecule has 1 aliphatic heterocycles. The van der Waals surface area contributed by atoms with E-state index in [1.165, 1.54) is 0 Å². The van der Waals surface area contributed by atoms with E-state index < -0.39 is 11.2 Å². The average Bonchev–Trinajstić information content (AvgIpc) is 3.05. The molecule has 1 saturated heterocycles. The van der Waals surface area contributed by atoms with E-state index in [2.05, 4.69) is 20.5 Å². The molecule has 1 fully saturated rings. The Hall–Kier alpha value is -2.61. The van der Waals surface area contributed by atoms with Gasteiger partial charge in [0.25, 0.3) is 0 Å². The molecule has 1 aromatic heterocycles. The lowest BCUT2D eigenvalue weighted by Gasteiger charge is -1.97. The van der Waals surface area contributed by atoms with Crippen LogP contribution in [0, 0.1) is 0 Å². The number of carboxylic acid groups (broad SMARTS) is 1. The maximum atomic E-state index is 11.5. The van der Waals surface area contributed by atoms with Crippen LogP contribution in [0.2, 0.25) is 0 Å². The Morgan fingerprint density at radius 1 is 1.41 bits per heavy atom. The van der Waals surface area contributed by atoms with E-state index >= 15 is 0 Å². The van der Waals surface area contributed by atoms with Gasteiger partial charge < -0.3 is 15.4 Å². The normalized spacial score (nSPS) is 20.1. The van der Waals surface area contributed by atoms with Crippen molar-refractivity contribution in [2.45, 2.75) is 11.7 Å². The average molecular weight is 316 g/mol. The van der Waals surface area contributed by atoms with Gasteiger partial charge in [0, 0.05) is 11.7 Å². The quantitative estimate of drug-likeness (QED) is 0.588. The number of aromatic amines is 1. The molecule has 0 bridgehead atoms. The monoisotopic (exact) mass is 316 g/mol. The summed E-state index contributed by atoms with van der Waals surface area (Å²) in [4.78, 5) is 25.3. The van der Waals surface area contributed by atoms with E-state index in [0.29, 0.717) is 5.17 Å². The Morgan fingerprint density at radius 3 is 3.09 bits per heavy atom. The van der Waals surface area contributed by atoms with Crippen molar-refractivity contribution >= 4 is 45.9 Å². The minimum Gasteiger partial charge on any atom is -0.481 e. The lowest BCUT2D eigenvalue weighted by molar-refractivity contribution is -0.138. The first-order valence-corrected chi connectivity index (χ1v) is 7.37. The fourth-order valence-electron chi connectivity index (χ4n) is 2.04. The molecule has 0 aliphatic carbocycles. The largest absolute Gasteiger partial charge is 0.481 e. The minimum absolute atomic E-state index is 0.233. The number of carbonyl (C=O) groups is 2. The summed E-state index contributed by atoms with van der Waals surface area (Å²) < 4.78 is 0. The molecule has 1 atom stereocenters. The van der Waals surface area contributed by atoms with Crippen LogP contribution >= 0.6 is 11.8 Å². The van der Waals surface area contributed by atoms with Gasteiger partial charge in [-0.1, -0.05) is 23.9 Å². The van der Waals surface area contributed by atoms with Gasteiger partial charge in [0.15, 0.2) is 5.17 Å². The van der Waals surface area contributed by atoms with E-state index in [-0.39, 0.29) is 12.3 Å². The lowest BCUT2D eigenvalue weighted by Crippen LogP contribution is -2.26. The van der Waals surface area contributed by atoms with Gasteiger partial charge in [-0.15, -0.1) is 5.10 Å². The van der Waals surface area contributed by atoms with Gasteiger partial charge in [0.2, 0.25) is 5.91 Å². The molecule has 1 amide bonds. The van der Waals surface area contributed by atoms with Crippen molar-refractivity contribution in [1.29, 1.82) is 0 Å². The standard InChI is InChI=1S/C14H12N4O3S/c19-12(20)6-11-13(21)17-14(22-11)18-16-7-8-1-2-9-3-4-15-10(9)5-8/h1-5,7,11,15H,6H2,(H,19,20)(H,17,18,21). The number of amidine groups is 1. The summed E-state index contributed by atoms with van der Waals surface area (Å²) in [6, 6.07) is 7.79. The van der Waals surface area contributed by atoms with Gasteiger partial charge in [0.1, 0.15) is 5.25 Å². The first-order chi connectivity index (χ1) is 10.6. The van der Waals surface area contributed by atoms with Crippen LogP contribution in [-0.2, 0) is 9.59 Å². The maximum Gasteiger partial charge on any atom is 0.305 e. The predicted octanol–water partition coefficient (Wildman–Crippen LogP) is 1.56. The van der Waals surface area contributed by atoms with Gasteiger partial charge in [-0.25, -0.2) is 0 Å². The fraction of sp³-hybridized carbons (Fsp3) is 0.143. The summed E-state index contributed by atoms with van der Waals surface area (Å²) in [5.74, 6) is -1.37. The first kappa shape index (κ1) is 14.3. The van der Waals surface area contributed by atoms with Crippen LogP contribution in [0.4, 0.5) is 0 Å². The lowest BCUT2D eigenvalue weighted by atomic mass is 10.2. The zero-order valence-corrected chi connectivity index (χ0v) is 12.1. The molecule has 1 aromatic carbocycles. The van der Waals surface area contributed by atoms with Crippen LogP contribution in [0.3, 0.4) is 0 Å². The number of fused-ring (bicyclic) bond motifs is 1. The molecular weight excluding hydrogens is 304 g/mol. The Labute approximate surface area is 129 Å². The number of amides is 1. The second-order valence-corrected chi connectivity index (χ2v) is 5.86. The topological polar surface area (TPSA) is 107 Å². The second-order valence-electron chi connectivity index (χ2n) is 4.67. The number of thioether (sulfide) groups is 1. The number of nitrogens with one attached hydrogen (secondary N) is 2. The number of rotatable bonds is 4. The summed E-state index contributed by atoms with van der Waals surface area (Å²) in [6.07, 6.45) is 3.20. The third-order valence-electron chi connectivity index (χ3n) is 3.07. The zero-order valence-electron chi connectivity index (χ0n) is 11.3. The van der Waals surface area contributed by atoms with Crippen molar-refractivity contribution in [3.8, 4) is 0 Å². The van der Waals surface area contributed by atoms with Crippen molar-refractivity contribution in [2.75, 3.05) is 0 Å². The third kappa shape index (κ3) is 3.17. The number of hydrogen-bond donors (Lipinski definition) is 3. The highest BCUT2D eigenvalue weighted by Gasteiger charge is 2.32. The van der Waals surface area contributed by atoms with Crippen molar-refractivity contribution in [3.63, 3.8) is 0 Å². The zero-order chi connectivity index (χ0) is 15.5. The molecule has 3 rings (SSSR count). The van der Waals surface area contributed by atoms with E-state index in [1.807, 2.05) is 30.5 Å². The van der Waals surface area contributed by atoms with Crippen LogP contribution in [-0.4, -0.2) is 38.6 Å². The highest BCUT2D eigenvalue weighted by atomic mass is 32.2. The number of carbonyl (C=O) groups excluding carboxylic acids is 1. The van der Waals surface area contributed by atoms with Crippen molar-refractivity contribution in [1.82, 2.24) is 10.3 Å². The van der Waals surface area contributed by atoms with Crippen LogP contribution in [0.15, 0.2) is 40.7 Å². The molecule has 2 aromatic rings. The van der Waals surface area contributed by atoms with Crippen molar-refractivity contribution in [3.05, 3.63) is 36.0 Å². The SMILES string of the molecule is O=C(O)CC1SC(=NN=Cc2ccc3cc[nH]c3c2)NC1=O. The number of aliphatic carboxylic acids is 1. The van der Waals surface area contributed by atoms with Crippen LogP contribution in [0.5, 0.6) is 0 Å². The number of carboxylic acids is 1. The molecule has 0 saturated carbocycles. The molecule has 2 heterocycles. The van der Waals surface area contributed by atoms with E-state index in [0.717, 1.165) is 28.2 Å². The first-order valence-electron chi connectivity index (χ1n) is 6.49. The molecule has 3 N–H and O–H groups in total. The second kappa shape index (κ2) is 6.02. The van der Waals surface area contributed by atoms with Crippen LogP contribution < -0.4 is 5.32 Å². The highest BCUT2D eigenvalue weighted by Crippen LogP contribution is 2.22. The van der Waals surface area contributed by atoms with E-state index in [9.17, 15) is 9.59 Å². The third-order valence-corrected chi connectivity index (χ3v) is 4.14. The van der Waals surface area contributed by atoms with Crippen molar-refractivity contribution < 1.29 is 14.7 Å². The summed E-state index contributed by atoms with van der Waals surface area (Å²) in [5.41, 5.74) is 1.87. The van der Waals surface area contributed by atoms with Gasteiger partial charge in [-0.3, -0.25) is 9.59 Å². The van der Waals surface area contributed by atoms with Gasteiger partial charge in [0.05, 0.1) is 12.6 Å². The smallest absolute Gasteiger partial charge is 0.305 e. The van der Waals surface area contributed by atoms with Gasteiger partial charge in [-0.2, -0.15) is 5.10 Å². The maximum absolute atomic E-state index is 11.5. The van der Waals surface area contributed by atoms with E-state index in [1.54, 1.807) is 6.21 Å². The Kier molecular flexibility index (Phi) is 3.92. The molecule has 8 heteroatoms. The molecular formula is C14H12N4O3S. The summed E-state index contributed by atoms with van der Waals surface area (Å²) >= 11 is 1.07. The number of benzene rings is 1. The molecule has 0 spiro atoms. The number of H-pyrrole nitrogens is 1. The molecule has 0 radical (unpaired) electrons. The van der Waals surface area contributed by atoms with Gasteiger partial charge in [-0.05, 0) is 23.1 Å². The Balaban J connectivity index is 1.68.